The summed E-state index contributed by atoms with van der Waals surface area (Å²) >= 11 is 0. The SMILES string of the molecule is C/C1=C(\NC(=O)c2cc(C(N)=O)nc3cc(F)ccc23)C(C(F)(F)F)=C=CCC[C@H]1Cc1ccc(C(F)(F)F)cc1. The van der Waals surface area contributed by atoms with Crippen LogP contribution in [-0.2, 0) is 12.6 Å². The highest BCUT2D eigenvalue weighted by Gasteiger charge is 2.39. The molecule has 1 atom stereocenters. The third-order valence-corrected chi connectivity index (χ3v) is 6.72. The Labute approximate surface area is 229 Å². The molecule has 2 aromatic carbocycles. The topological polar surface area (TPSA) is 85.1 Å². The van der Waals surface area contributed by atoms with E-state index in [0.29, 0.717) is 12.0 Å². The van der Waals surface area contributed by atoms with Gasteiger partial charge >= 0.3 is 12.4 Å². The molecule has 41 heavy (non-hydrogen) atoms. The second-order valence-corrected chi connectivity index (χ2v) is 9.49. The number of benzene rings is 2. The van der Waals surface area contributed by atoms with Crippen LogP contribution in [0.5, 0.6) is 0 Å². The number of alkyl halides is 6. The van der Waals surface area contributed by atoms with Gasteiger partial charge in [0.2, 0.25) is 0 Å². The Morgan fingerprint density at radius 2 is 1.71 bits per heavy atom. The number of halogens is 7. The molecular weight excluding hydrogens is 555 g/mol. The summed E-state index contributed by atoms with van der Waals surface area (Å²) in [5.74, 6) is -3.41. The van der Waals surface area contributed by atoms with Crippen molar-refractivity contribution in [2.75, 3.05) is 0 Å². The van der Waals surface area contributed by atoms with E-state index in [1.165, 1.54) is 31.2 Å². The Kier molecular flexibility index (Phi) is 8.08. The summed E-state index contributed by atoms with van der Waals surface area (Å²) in [6.07, 6.45) is -7.65. The maximum absolute atomic E-state index is 14.2. The lowest BCUT2D eigenvalue weighted by Gasteiger charge is -2.25. The van der Waals surface area contributed by atoms with E-state index < -0.39 is 58.4 Å². The average molecular weight is 578 g/mol. The van der Waals surface area contributed by atoms with Crippen LogP contribution in [0.3, 0.4) is 0 Å². The van der Waals surface area contributed by atoms with Gasteiger partial charge in [0.05, 0.1) is 22.3 Å². The number of carbonyl (C=O) groups is 2. The molecule has 4 rings (SSSR count). The van der Waals surface area contributed by atoms with Gasteiger partial charge in [-0.15, -0.1) is 5.73 Å². The number of pyridine rings is 1. The van der Waals surface area contributed by atoms with Gasteiger partial charge in [-0.3, -0.25) is 9.59 Å². The normalized spacial score (nSPS) is 18.0. The van der Waals surface area contributed by atoms with Crippen molar-refractivity contribution in [2.45, 2.75) is 38.5 Å². The van der Waals surface area contributed by atoms with Crippen LogP contribution in [0, 0.1) is 11.7 Å². The number of nitrogens with two attached hydrogens (primary N) is 1. The average Bonchev–Trinajstić information content (AvgIpc) is 2.88. The molecule has 0 radical (unpaired) electrons. The highest BCUT2D eigenvalue weighted by molar-refractivity contribution is 6.09. The quantitative estimate of drug-likeness (QED) is 0.259. The number of amides is 2. The lowest BCUT2D eigenvalue weighted by molar-refractivity contribution is -0.137. The zero-order valence-electron chi connectivity index (χ0n) is 21.4. The summed E-state index contributed by atoms with van der Waals surface area (Å²) in [5, 5.41) is 2.37. The van der Waals surface area contributed by atoms with Crippen molar-refractivity contribution in [3.8, 4) is 0 Å². The molecule has 1 aromatic heterocycles. The minimum absolute atomic E-state index is 0.0624. The van der Waals surface area contributed by atoms with Crippen LogP contribution in [0.2, 0.25) is 0 Å². The van der Waals surface area contributed by atoms with Crippen molar-refractivity contribution in [1.29, 1.82) is 0 Å². The Hall–Kier alpha value is -4.44. The molecule has 12 heteroatoms. The number of aromatic nitrogens is 1. The standard InChI is InChI=1S/C29H22F7N3O2/c1-15-17(12-16-6-8-18(9-7-16)28(31,32)33)4-2-3-5-22(29(34,35)36)25(15)39-27(41)21-14-24(26(37)40)38-23-13-19(30)10-11-20(21)23/h3,6-11,13-14,17H,2,4,12H2,1H3,(H2,37,40)(H,39,41)/b25-15+/t5?,17-/m0/s1. The summed E-state index contributed by atoms with van der Waals surface area (Å²) in [6.45, 7) is 1.40. The lowest BCUT2D eigenvalue weighted by atomic mass is 9.85. The van der Waals surface area contributed by atoms with Gasteiger partial charge in [0.25, 0.3) is 11.8 Å². The van der Waals surface area contributed by atoms with Crippen LogP contribution in [-0.4, -0.2) is 23.0 Å². The summed E-state index contributed by atoms with van der Waals surface area (Å²) < 4.78 is 95.3. The van der Waals surface area contributed by atoms with E-state index in [-0.39, 0.29) is 34.9 Å². The maximum Gasteiger partial charge on any atom is 0.425 e. The minimum atomic E-state index is -4.93. The van der Waals surface area contributed by atoms with Gasteiger partial charge in [-0.2, -0.15) is 26.3 Å². The first kappa shape index (κ1) is 29.5. The van der Waals surface area contributed by atoms with Crippen LogP contribution in [0.15, 0.2) is 77.2 Å². The number of fused-ring (bicyclic) bond motifs is 1. The second-order valence-electron chi connectivity index (χ2n) is 9.49. The van der Waals surface area contributed by atoms with Crippen LogP contribution < -0.4 is 11.1 Å². The predicted octanol–water partition coefficient (Wildman–Crippen LogP) is 6.79. The molecule has 0 fully saturated rings. The first-order chi connectivity index (χ1) is 19.1. The molecule has 1 heterocycles. The third kappa shape index (κ3) is 6.66. The number of hydrogen-bond acceptors (Lipinski definition) is 3. The van der Waals surface area contributed by atoms with Crippen molar-refractivity contribution in [2.24, 2.45) is 11.7 Å². The number of hydrogen-bond donors (Lipinski definition) is 2. The largest absolute Gasteiger partial charge is 0.425 e. The Morgan fingerprint density at radius 3 is 2.32 bits per heavy atom. The first-order valence-electron chi connectivity index (χ1n) is 12.3. The third-order valence-electron chi connectivity index (χ3n) is 6.72. The molecule has 0 saturated heterocycles. The molecule has 3 aromatic rings. The van der Waals surface area contributed by atoms with Crippen LogP contribution in [0.1, 0.15) is 51.7 Å². The molecule has 2 amide bonds. The number of rotatable bonds is 5. The van der Waals surface area contributed by atoms with Crippen molar-refractivity contribution >= 4 is 22.7 Å². The van der Waals surface area contributed by atoms with Gasteiger partial charge in [-0.1, -0.05) is 12.1 Å². The molecular formula is C29H22F7N3O2. The summed E-state index contributed by atoms with van der Waals surface area (Å²) in [6, 6.07) is 8.49. The Morgan fingerprint density at radius 1 is 1.02 bits per heavy atom. The zero-order valence-corrected chi connectivity index (χ0v) is 21.4. The smallest absolute Gasteiger partial charge is 0.364 e. The highest BCUT2D eigenvalue weighted by Crippen LogP contribution is 2.37. The number of nitrogens with one attached hydrogen (secondary N) is 1. The van der Waals surface area contributed by atoms with Crippen LogP contribution >= 0.6 is 0 Å². The number of carbonyl (C=O) groups excluding carboxylic acids is 2. The van der Waals surface area contributed by atoms with Crippen LogP contribution in [0.4, 0.5) is 30.7 Å². The van der Waals surface area contributed by atoms with E-state index in [1.807, 2.05) is 0 Å². The molecule has 0 saturated carbocycles. The van der Waals surface area contributed by atoms with Crippen LogP contribution in [0.25, 0.3) is 10.9 Å². The van der Waals surface area contributed by atoms with Gasteiger partial charge in [-0.05, 0) is 79.6 Å². The van der Waals surface area contributed by atoms with Gasteiger partial charge in [0.1, 0.15) is 17.1 Å². The summed E-state index contributed by atoms with van der Waals surface area (Å²) in [5.41, 5.74) is 4.64. The van der Waals surface area contributed by atoms with E-state index >= 15 is 0 Å². The lowest BCUT2D eigenvalue weighted by Crippen LogP contribution is -2.31. The van der Waals surface area contributed by atoms with Crippen molar-refractivity contribution < 1.29 is 40.3 Å². The van der Waals surface area contributed by atoms with E-state index in [2.05, 4.69) is 16.0 Å². The molecule has 0 bridgehead atoms. The number of allylic oxidation sites excluding steroid dienone is 2. The Balaban J connectivity index is 1.79. The molecule has 5 nitrogen and oxygen atoms in total. The van der Waals surface area contributed by atoms with Gasteiger partial charge in [0.15, 0.2) is 0 Å². The fraction of sp³-hybridized carbons (Fsp3) is 0.241. The summed E-state index contributed by atoms with van der Waals surface area (Å²) in [4.78, 5) is 29.2. The fourth-order valence-corrected chi connectivity index (χ4v) is 4.60. The van der Waals surface area contributed by atoms with Crippen molar-refractivity contribution in [3.63, 3.8) is 0 Å². The van der Waals surface area contributed by atoms with E-state index in [9.17, 15) is 40.3 Å². The molecule has 0 aliphatic heterocycles. The maximum atomic E-state index is 14.2. The second kappa shape index (κ2) is 11.2. The van der Waals surface area contributed by atoms with Crippen molar-refractivity contribution in [3.05, 3.63) is 105 Å². The molecule has 3 N–H and O–H groups in total. The fourth-order valence-electron chi connectivity index (χ4n) is 4.60. The van der Waals surface area contributed by atoms with Crippen molar-refractivity contribution in [1.82, 2.24) is 10.3 Å². The van der Waals surface area contributed by atoms with E-state index in [1.54, 1.807) is 0 Å². The molecule has 1 aliphatic carbocycles. The summed E-state index contributed by atoms with van der Waals surface area (Å²) in [7, 11) is 0. The molecule has 0 unspecified atom stereocenters. The van der Waals surface area contributed by atoms with Gasteiger partial charge < -0.3 is 11.1 Å². The van der Waals surface area contributed by atoms with E-state index in [0.717, 1.165) is 30.3 Å². The number of primary amides is 1. The first-order valence-corrected chi connectivity index (χ1v) is 12.3. The molecule has 1 aliphatic rings. The molecule has 0 spiro atoms. The van der Waals surface area contributed by atoms with Gasteiger partial charge in [0, 0.05) is 11.5 Å². The monoisotopic (exact) mass is 577 g/mol. The zero-order chi connectivity index (χ0) is 30.1. The predicted molar refractivity (Wildman–Crippen MR) is 136 cm³/mol. The minimum Gasteiger partial charge on any atom is -0.364 e. The van der Waals surface area contributed by atoms with Gasteiger partial charge in [-0.25, -0.2) is 9.37 Å². The Bertz CT molecular complexity index is 1610. The highest BCUT2D eigenvalue weighted by atomic mass is 19.4. The van der Waals surface area contributed by atoms with E-state index in [4.69, 9.17) is 5.73 Å². The molecule has 214 valence electrons. The number of nitrogens with zero attached hydrogens (tertiary/aromatic N) is 1.